The molecule has 0 aliphatic carbocycles. The molecule has 4 rings (SSSR count). The number of benzene rings is 3. The fourth-order valence-electron chi connectivity index (χ4n) is 3.69. The van der Waals surface area contributed by atoms with E-state index in [4.69, 9.17) is 14.2 Å². The first-order chi connectivity index (χ1) is 15.6. The molecule has 0 unspecified atom stereocenters. The van der Waals surface area contributed by atoms with E-state index < -0.39 is 0 Å². The van der Waals surface area contributed by atoms with Crippen molar-refractivity contribution < 1.29 is 19.0 Å². The van der Waals surface area contributed by atoms with E-state index in [9.17, 15) is 4.79 Å². The summed E-state index contributed by atoms with van der Waals surface area (Å²) < 4.78 is 17.9. The van der Waals surface area contributed by atoms with E-state index in [1.807, 2.05) is 54.6 Å². The molecule has 1 heterocycles. The number of hydrogen-bond donors (Lipinski definition) is 0. The molecule has 0 radical (unpaired) electrons. The van der Waals surface area contributed by atoms with Crippen molar-refractivity contribution in [1.29, 1.82) is 0 Å². The van der Waals surface area contributed by atoms with Crippen molar-refractivity contribution in [3.05, 3.63) is 77.4 Å². The smallest absolute Gasteiger partial charge is 0.195 e. The second kappa shape index (κ2) is 9.76. The Labute approximate surface area is 199 Å². The van der Waals surface area contributed by atoms with Crippen LogP contribution in [-0.4, -0.2) is 31.9 Å². The van der Waals surface area contributed by atoms with Gasteiger partial charge in [0.05, 0.1) is 25.7 Å². The second-order valence-corrected chi connectivity index (χ2v) is 9.08. The van der Waals surface area contributed by atoms with Crippen LogP contribution in [0.2, 0.25) is 0 Å². The molecule has 3 aromatic carbocycles. The molecule has 164 valence electrons. The van der Waals surface area contributed by atoms with Crippen LogP contribution >= 0.6 is 27.3 Å². The van der Waals surface area contributed by atoms with E-state index in [0.717, 1.165) is 37.2 Å². The highest BCUT2D eigenvalue weighted by Crippen LogP contribution is 2.46. The summed E-state index contributed by atoms with van der Waals surface area (Å²) in [5, 5.41) is 1.68. The van der Waals surface area contributed by atoms with Crippen molar-refractivity contribution >= 4 is 43.1 Å². The number of alkyl halides is 1. The van der Waals surface area contributed by atoms with E-state index in [1.165, 1.54) is 0 Å². The maximum Gasteiger partial charge on any atom is 0.195 e. The molecule has 0 atom stereocenters. The molecule has 4 aromatic rings. The Morgan fingerprint density at radius 2 is 1.78 bits per heavy atom. The molecule has 6 heteroatoms. The van der Waals surface area contributed by atoms with E-state index in [0.29, 0.717) is 29.2 Å². The Morgan fingerprint density at radius 3 is 2.47 bits per heavy atom. The van der Waals surface area contributed by atoms with E-state index in [2.05, 4.69) is 28.9 Å². The Kier molecular flexibility index (Phi) is 6.82. The van der Waals surface area contributed by atoms with Crippen LogP contribution in [0.1, 0.15) is 21.5 Å². The zero-order chi connectivity index (χ0) is 22.7. The van der Waals surface area contributed by atoms with Gasteiger partial charge in [-0.3, -0.25) is 4.79 Å². The molecule has 0 saturated heterocycles. The third-order valence-electron chi connectivity index (χ3n) is 5.18. The van der Waals surface area contributed by atoms with Gasteiger partial charge in [-0.05, 0) is 55.0 Å². The molecule has 1 aromatic heterocycles. The zero-order valence-corrected chi connectivity index (χ0v) is 20.5. The van der Waals surface area contributed by atoms with Gasteiger partial charge >= 0.3 is 0 Å². The first kappa shape index (κ1) is 22.4. The standard InChI is InChI=1S/C26H23BrO4S/c1-16-7-12-19-22(15-16)32-26(20-5-4-6-21(29-2)25(20)30-3)23(19)24(28)17-8-10-18(11-9-17)31-14-13-27/h4-12,15H,13-14H2,1-3H3. The highest BCUT2D eigenvalue weighted by molar-refractivity contribution is 9.09. The van der Waals surface area contributed by atoms with Crippen molar-refractivity contribution in [2.75, 3.05) is 26.2 Å². The minimum absolute atomic E-state index is 0.0352. The van der Waals surface area contributed by atoms with Crippen LogP contribution in [0.25, 0.3) is 20.5 Å². The molecular formula is C26H23BrO4S. The summed E-state index contributed by atoms with van der Waals surface area (Å²) in [7, 11) is 3.23. The van der Waals surface area contributed by atoms with Gasteiger partial charge in [0.1, 0.15) is 5.75 Å². The fraction of sp³-hybridized carbons (Fsp3) is 0.192. The first-order valence-corrected chi connectivity index (χ1v) is 12.1. The lowest BCUT2D eigenvalue weighted by Crippen LogP contribution is -2.03. The first-order valence-electron chi connectivity index (χ1n) is 10.2. The number of hydrogen-bond acceptors (Lipinski definition) is 5. The molecule has 0 aliphatic rings. The maximum atomic E-state index is 13.8. The lowest BCUT2D eigenvalue weighted by Gasteiger charge is -2.13. The van der Waals surface area contributed by atoms with Crippen LogP contribution in [0, 0.1) is 6.92 Å². The van der Waals surface area contributed by atoms with Crippen molar-refractivity contribution in [3.8, 4) is 27.7 Å². The molecule has 4 nitrogen and oxygen atoms in total. The normalized spacial score (nSPS) is 10.9. The number of fused-ring (bicyclic) bond motifs is 1. The van der Waals surface area contributed by atoms with Crippen LogP contribution in [0.5, 0.6) is 17.2 Å². The van der Waals surface area contributed by atoms with Gasteiger partial charge in [0, 0.05) is 32.1 Å². The Bertz CT molecular complexity index is 1260. The summed E-state index contributed by atoms with van der Waals surface area (Å²) in [6, 6.07) is 19.2. The van der Waals surface area contributed by atoms with E-state index >= 15 is 0 Å². The summed E-state index contributed by atoms with van der Waals surface area (Å²) in [5.41, 5.74) is 3.27. The highest BCUT2D eigenvalue weighted by Gasteiger charge is 2.24. The number of ether oxygens (including phenoxy) is 3. The third-order valence-corrected chi connectivity index (χ3v) is 6.69. The van der Waals surface area contributed by atoms with E-state index in [-0.39, 0.29) is 5.78 Å². The molecule has 0 amide bonds. The van der Waals surface area contributed by atoms with Gasteiger partial charge in [0.15, 0.2) is 17.3 Å². The second-order valence-electron chi connectivity index (χ2n) is 7.24. The molecule has 32 heavy (non-hydrogen) atoms. The van der Waals surface area contributed by atoms with Gasteiger partial charge in [0.2, 0.25) is 0 Å². The predicted molar refractivity (Wildman–Crippen MR) is 134 cm³/mol. The van der Waals surface area contributed by atoms with Crippen LogP contribution in [0.15, 0.2) is 60.7 Å². The summed E-state index contributed by atoms with van der Waals surface area (Å²) >= 11 is 4.94. The molecule has 0 fully saturated rings. The third kappa shape index (κ3) is 4.25. The number of para-hydroxylation sites is 1. The summed E-state index contributed by atoms with van der Waals surface area (Å²) in [6.07, 6.45) is 0. The molecule has 0 N–H and O–H groups in total. The average Bonchev–Trinajstić information content (AvgIpc) is 3.20. The highest BCUT2D eigenvalue weighted by atomic mass is 79.9. The van der Waals surface area contributed by atoms with Crippen molar-refractivity contribution in [2.24, 2.45) is 0 Å². The molecule has 0 saturated carbocycles. The average molecular weight is 511 g/mol. The number of carbonyl (C=O) groups is 1. The minimum atomic E-state index is -0.0352. The Hall–Kier alpha value is -2.83. The summed E-state index contributed by atoms with van der Waals surface area (Å²) in [5.74, 6) is 1.95. The Morgan fingerprint density at radius 1 is 1.00 bits per heavy atom. The number of aryl methyl sites for hydroxylation is 1. The van der Waals surface area contributed by atoms with Crippen molar-refractivity contribution in [3.63, 3.8) is 0 Å². The summed E-state index contributed by atoms with van der Waals surface area (Å²) in [4.78, 5) is 14.6. The van der Waals surface area contributed by atoms with Crippen LogP contribution < -0.4 is 14.2 Å². The van der Waals surface area contributed by atoms with Gasteiger partial charge in [-0.2, -0.15) is 0 Å². The number of thiophene rings is 1. The lowest BCUT2D eigenvalue weighted by molar-refractivity contribution is 0.104. The number of ketones is 1. The van der Waals surface area contributed by atoms with Gasteiger partial charge in [-0.25, -0.2) is 0 Å². The number of methoxy groups -OCH3 is 2. The van der Waals surface area contributed by atoms with Crippen LogP contribution in [-0.2, 0) is 0 Å². The largest absolute Gasteiger partial charge is 0.493 e. The van der Waals surface area contributed by atoms with Crippen LogP contribution in [0.3, 0.4) is 0 Å². The van der Waals surface area contributed by atoms with Crippen molar-refractivity contribution in [1.82, 2.24) is 0 Å². The molecule has 0 aliphatic heterocycles. The molecule has 0 spiro atoms. The topological polar surface area (TPSA) is 44.8 Å². The van der Waals surface area contributed by atoms with Gasteiger partial charge in [-0.1, -0.05) is 34.1 Å². The SMILES string of the molecule is COc1cccc(-c2sc3cc(C)ccc3c2C(=O)c2ccc(OCCBr)cc2)c1OC. The van der Waals surface area contributed by atoms with Crippen LogP contribution in [0.4, 0.5) is 0 Å². The Balaban J connectivity index is 1.88. The molecular weight excluding hydrogens is 488 g/mol. The maximum absolute atomic E-state index is 13.8. The van der Waals surface area contributed by atoms with Gasteiger partial charge in [0.25, 0.3) is 0 Å². The monoisotopic (exact) mass is 510 g/mol. The predicted octanol–water partition coefficient (Wildman–Crippen LogP) is 6.90. The summed E-state index contributed by atoms with van der Waals surface area (Å²) in [6.45, 7) is 2.62. The molecule has 0 bridgehead atoms. The number of rotatable bonds is 8. The number of carbonyl (C=O) groups excluding carboxylic acids is 1. The fourth-order valence-corrected chi connectivity index (χ4v) is 5.17. The quantitative estimate of drug-likeness (QED) is 0.191. The number of halogens is 1. The zero-order valence-electron chi connectivity index (χ0n) is 18.1. The van der Waals surface area contributed by atoms with E-state index in [1.54, 1.807) is 25.6 Å². The van der Waals surface area contributed by atoms with Gasteiger partial charge < -0.3 is 14.2 Å². The van der Waals surface area contributed by atoms with Crippen molar-refractivity contribution in [2.45, 2.75) is 6.92 Å². The van der Waals surface area contributed by atoms with Gasteiger partial charge in [-0.15, -0.1) is 11.3 Å². The lowest BCUT2D eigenvalue weighted by atomic mass is 9.96. The minimum Gasteiger partial charge on any atom is -0.493 e.